The highest BCUT2D eigenvalue weighted by Crippen LogP contribution is 2.36. The third-order valence-corrected chi connectivity index (χ3v) is 5.15. The number of aliphatic imine (C=N–C) groups is 1. The van der Waals surface area contributed by atoms with Crippen molar-refractivity contribution >= 4 is 41.5 Å². The molecular weight excluding hydrogens is 533 g/mol. The van der Waals surface area contributed by atoms with E-state index < -0.39 is 0 Å². The molecule has 172 valence electrons. The molecule has 0 radical (unpaired) electrons. The van der Waals surface area contributed by atoms with Crippen LogP contribution in [0.5, 0.6) is 11.5 Å². The van der Waals surface area contributed by atoms with Gasteiger partial charge in [0.2, 0.25) is 0 Å². The number of aromatic nitrogens is 1. The lowest BCUT2D eigenvalue weighted by Gasteiger charge is -2.36. The van der Waals surface area contributed by atoms with Gasteiger partial charge in [0, 0.05) is 45.3 Å². The van der Waals surface area contributed by atoms with Gasteiger partial charge in [0.05, 0.1) is 31.0 Å². The van der Waals surface area contributed by atoms with Gasteiger partial charge in [0.1, 0.15) is 6.26 Å². The zero-order valence-corrected chi connectivity index (χ0v) is 21.4. The van der Waals surface area contributed by atoms with Crippen LogP contribution >= 0.6 is 35.6 Å². The smallest absolute Gasteiger partial charge is 0.194 e. The van der Waals surface area contributed by atoms with Crippen LogP contribution in [0, 0.1) is 0 Å². The molecular formula is C21H31ClIN5O3. The quantitative estimate of drug-likeness (QED) is 0.299. The SMILES string of the molecule is CCNC(=NCc1cc(Cl)c(OCC)c(OC)c1)N1CCN(Cc2ccon2)CC1.I. The largest absolute Gasteiger partial charge is 0.493 e. The van der Waals surface area contributed by atoms with E-state index in [1.807, 2.05) is 25.1 Å². The molecule has 1 saturated heterocycles. The van der Waals surface area contributed by atoms with Crippen LogP contribution in [0.1, 0.15) is 25.1 Å². The number of nitrogens with zero attached hydrogens (tertiary/aromatic N) is 4. The van der Waals surface area contributed by atoms with E-state index in [1.54, 1.807) is 13.4 Å². The van der Waals surface area contributed by atoms with Gasteiger partial charge in [0.15, 0.2) is 17.5 Å². The summed E-state index contributed by atoms with van der Waals surface area (Å²) in [5.41, 5.74) is 1.94. The summed E-state index contributed by atoms with van der Waals surface area (Å²) in [6.07, 6.45) is 1.61. The number of ether oxygens (including phenoxy) is 2. The summed E-state index contributed by atoms with van der Waals surface area (Å²) < 4.78 is 16.0. The number of methoxy groups -OCH3 is 1. The predicted octanol–water partition coefficient (Wildman–Crippen LogP) is 3.64. The molecule has 0 spiro atoms. The fourth-order valence-electron chi connectivity index (χ4n) is 3.41. The maximum atomic E-state index is 6.39. The van der Waals surface area contributed by atoms with E-state index in [0.29, 0.717) is 29.7 Å². The summed E-state index contributed by atoms with van der Waals surface area (Å²) in [5.74, 6) is 2.10. The Morgan fingerprint density at radius 3 is 2.65 bits per heavy atom. The molecule has 31 heavy (non-hydrogen) atoms. The molecule has 10 heteroatoms. The highest BCUT2D eigenvalue weighted by atomic mass is 127. The zero-order chi connectivity index (χ0) is 21.3. The van der Waals surface area contributed by atoms with E-state index in [2.05, 4.69) is 27.2 Å². The Hall–Kier alpha value is -1.72. The molecule has 0 aliphatic carbocycles. The van der Waals surface area contributed by atoms with E-state index in [-0.39, 0.29) is 24.0 Å². The molecule has 0 saturated carbocycles. The molecule has 0 unspecified atom stereocenters. The van der Waals surface area contributed by atoms with E-state index in [4.69, 9.17) is 30.6 Å². The van der Waals surface area contributed by atoms with Gasteiger partial charge in [-0.15, -0.1) is 24.0 Å². The van der Waals surface area contributed by atoms with Crippen molar-refractivity contribution in [3.8, 4) is 11.5 Å². The fraction of sp³-hybridized carbons (Fsp3) is 0.524. The van der Waals surface area contributed by atoms with Gasteiger partial charge in [-0.05, 0) is 31.5 Å². The van der Waals surface area contributed by atoms with E-state index in [0.717, 1.165) is 56.5 Å². The standard InChI is InChI=1S/C21H30ClN5O3.HI/c1-4-23-21(27-9-7-26(8-10-27)15-17-6-11-30-25-17)24-14-16-12-18(22)20(29-5-2)19(13-16)28-3;/h6,11-13H,4-5,7-10,14-15H2,1-3H3,(H,23,24);1H. The molecule has 1 N–H and O–H groups in total. The Kier molecular flexibility index (Phi) is 10.7. The summed E-state index contributed by atoms with van der Waals surface area (Å²) >= 11 is 6.39. The molecule has 0 atom stereocenters. The molecule has 1 aromatic carbocycles. The Balaban J connectivity index is 0.00000341. The molecule has 2 heterocycles. The molecule has 1 aliphatic heterocycles. The monoisotopic (exact) mass is 563 g/mol. The lowest BCUT2D eigenvalue weighted by Crippen LogP contribution is -2.52. The van der Waals surface area contributed by atoms with E-state index in [1.165, 1.54) is 0 Å². The Bertz CT molecular complexity index is 827. The second-order valence-corrected chi connectivity index (χ2v) is 7.37. The number of benzene rings is 1. The van der Waals surface area contributed by atoms with Crippen molar-refractivity contribution in [2.75, 3.05) is 46.4 Å². The van der Waals surface area contributed by atoms with Crippen molar-refractivity contribution in [2.45, 2.75) is 26.9 Å². The number of guanidine groups is 1. The number of hydrogen-bond donors (Lipinski definition) is 1. The molecule has 8 nitrogen and oxygen atoms in total. The second-order valence-electron chi connectivity index (χ2n) is 6.97. The molecule has 1 aromatic heterocycles. The first-order valence-corrected chi connectivity index (χ1v) is 10.7. The molecule has 1 fully saturated rings. The van der Waals surface area contributed by atoms with Crippen LogP contribution in [-0.4, -0.2) is 67.4 Å². The topological polar surface area (TPSA) is 75.4 Å². The Labute approximate surface area is 205 Å². The van der Waals surface area contributed by atoms with E-state index >= 15 is 0 Å². The molecule has 2 aromatic rings. The summed E-state index contributed by atoms with van der Waals surface area (Å²) in [6.45, 7) is 10.3. The van der Waals surface area contributed by atoms with Crippen molar-refractivity contribution in [1.29, 1.82) is 0 Å². The van der Waals surface area contributed by atoms with Crippen molar-refractivity contribution in [1.82, 2.24) is 20.3 Å². The number of hydrogen-bond acceptors (Lipinski definition) is 6. The minimum absolute atomic E-state index is 0. The lowest BCUT2D eigenvalue weighted by molar-refractivity contribution is 0.169. The number of rotatable bonds is 8. The first kappa shape index (κ1) is 25.5. The van der Waals surface area contributed by atoms with Crippen LogP contribution in [0.3, 0.4) is 0 Å². The normalized spacial score (nSPS) is 14.8. The molecule has 0 bridgehead atoms. The van der Waals surface area contributed by atoms with Crippen molar-refractivity contribution < 1.29 is 14.0 Å². The number of halogens is 2. The van der Waals surface area contributed by atoms with Gasteiger partial charge in [-0.3, -0.25) is 4.90 Å². The molecule has 1 aliphatic rings. The van der Waals surface area contributed by atoms with Gasteiger partial charge >= 0.3 is 0 Å². The fourth-order valence-corrected chi connectivity index (χ4v) is 3.69. The van der Waals surface area contributed by atoms with Crippen LogP contribution in [-0.2, 0) is 13.1 Å². The maximum Gasteiger partial charge on any atom is 0.194 e. The lowest BCUT2D eigenvalue weighted by atomic mass is 10.2. The summed E-state index contributed by atoms with van der Waals surface area (Å²) in [6, 6.07) is 5.73. The third kappa shape index (κ3) is 7.15. The van der Waals surface area contributed by atoms with E-state index in [9.17, 15) is 0 Å². The summed E-state index contributed by atoms with van der Waals surface area (Å²) in [4.78, 5) is 9.49. The first-order chi connectivity index (χ1) is 14.6. The van der Waals surface area contributed by atoms with Crippen molar-refractivity contribution in [2.24, 2.45) is 4.99 Å². The Morgan fingerprint density at radius 1 is 1.26 bits per heavy atom. The zero-order valence-electron chi connectivity index (χ0n) is 18.3. The number of nitrogens with one attached hydrogen (secondary N) is 1. The van der Waals surface area contributed by atoms with Crippen LogP contribution in [0.25, 0.3) is 0 Å². The van der Waals surface area contributed by atoms with Crippen molar-refractivity contribution in [3.63, 3.8) is 0 Å². The third-order valence-electron chi connectivity index (χ3n) is 4.87. The van der Waals surface area contributed by atoms with Crippen LogP contribution in [0.15, 0.2) is 34.0 Å². The predicted molar refractivity (Wildman–Crippen MR) is 133 cm³/mol. The minimum atomic E-state index is 0. The molecule has 3 rings (SSSR count). The average molecular weight is 564 g/mol. The van der Waals surface area contributed by atoms with Gasteiger partial charge in [-0.25, -0.2) is 4.99 Å². The minimum Gasteiger partial charge on any atom is -0.493 e. The Morgan fingerprint density at radius 2 is 2.03 bits per heavy atom. The molecule has 0 amide bonds. The second kappa shape index (κ2) is 13.0. The maximum absolute atomic E-state index is 6.39. The van der Waals surface area contributed by atoms with Gasteiger partial charge in [-0.1, -0.05) is 16.8 Å². The van der Waals surface area contributed by atoms with Crippen LogP contribution in [0.2, 0.25) is 5.02 Å². The van der Waals surface area contributed by atoms with Gasteiger partial charge < -0.3 is 24.2 Å². The van der Waals surface area contributed by atoms with Crippen LogP contribution in [0.4, 0.5) is 0 Å². The summed E-state index contributed by atoms with van der Waals surface area (Å²) in [7, 11) is 1.61. The number of piperazine rings is 1. The van der Waals surface area contributed by atoms with Crippen LogP contribution < -0.4 is 14.8 Å². The highest BCUT2D eigenvalue weighted by molar-refractivity contribution is 14.0. The van der Waals surface area contributed by atoms with Gasteiger partial charge in [0.25, 0.3) is 0 Å². The van der Waals surface area contributed by atoms with Crippen molar-refractivity contribution in [3.05, 3.63) is 40.7 Å². The highest BCUT2D eigenvalue weighted by Gasteiger charge is 2.20. The van der Waals surface area contributed by atoms with Gasteiger partial charge in [-0.2, -0.15) is 0 Å². The summed E-state index contributed by atoms with van der Waals surface area (Å²) in [5, 5.41) is 7.93. The average Bonchev–Trinajstić information content (AvgIpc) is 3.26. The first-order valence-electron chi connectivity index (χ1n) is 10.3.